The monoisotopic (exact) mass is 269 g/mol. The summed E-state index contributed by atoms with van der Waals surface area (Å²) < 4.78 is 38.9. The molecule has 102 valence electrons. The summed E-state index contributed by atoms with van der Waals surface area (Å²) in [6.07, 6.45) is 0. The number of nitrogens with two attached hydrogens (primary N) is 1. The van der Waals surface area contributed by atoms with Crippen molar-refractivity contribution in [3.8, 4) is 22.8 Å². The van der Waals surface area contributed by atoms with Crippen LogP contribution in [-0.4, -0.2) is 24.0 Å². The fraction of sp³-hybridized carbons (Fsp3) is 0.250. The molecule has 19 heavy (non-hydrogen) atoms. The van der Waals surface area contributed by atoms with Crippen LogP contribution >= 0.6 is 0 Å². The number of nitrogens with zero attached hydrogens (tertiary/aromatic N) is 2. The molecule has 2 N–H and O–H groups in total. The average molecular weight is 269 g/mol. The lowest BCUT2D eigenvalue weighted by Crippen LogP contribution is -2.00. The summed E-state index contributed by atoms with van der Waals surface area (Å²) in [6, 6.07) is 2.70. The van der Waals surface area contributed by atoms with Crippen LogP contribution in [0.1, 0.15) is 0 Å². The molecule has 0 bridgehead atoms. The highest BCUT2D eigenvalue weighted by atomic mass is 19.1. The van der Waals surface area contributed by atoms with Crippen LogP contribution in [0.4, 0.5) is 14.6 Å². The van der Waals surface area contributed by atoms with Gasteiger partial charge in [-0.05, 0) is 6.07 Å². The first-order chi connectivity index (χ1) is 8.99. The minimum absolute atomic E-state index is 0.0578. The van der Waals surface area contributed by atoms with Gasteiger partial charge in [0.15, 0.2) is 17.3 Å². The zero-order chi connectivity index (χ0) is 14.2. The highest BCUT2D eigenvalue weighted by Crippen LogP contribution is 2.37. The van der Waals surface area contributed by atoms with Gasteiger partial charge in [-0.3, -0.25) is 4.68 Å². The molecule has 0 saturated carbocycles. The summed E-state index contributed by atoms with van der Waals surface area (Å²) in [5.74, 6) is -2.03. The Morgan fingerprint density at radius 3 is 2.32 bits per heavy atom. The molecule has 7 heteroatoms. The van der Waals surface area contributed by atoms with E-state index in [2.05, 4.69) is 5.10 Å². The van der Waals surface area contributed by atoms with Gasteiger partial charge in [0.25, 0.3) is 0 Å². The van der Waals surface area contributed by atoms with E-state index in [1.54, 1.807) is 7.05 Å². The number of benzene rings is 1. The summed E-state index contributed by atoms with van der Waals surface area (Å²) in [5, 5.41) is 4.04. The molecule has 0 saturated heterocycles. The first kappa shape index (κ1) is 13.1. The summed E-state index contributed by atoms with van der Waals surface area (Å²) in [6.45, 7) is 0. The van der Waals surface area contributed by atoms with Gasteiger partial charge in [0.2, 0.25) is 5.82 Å². The third-order valence-electron chi connectivity index (χ3n) is 2.74. The van der Waals surface area contributed by atoms with Crippen LogP contribution in [0.15, 0.2) is 12.1 Å². The van der Waals surface area contributed by atoms with E-state index in [4.69, 9.17) is 15.2 Å². The molecule has 0 fully saturated rings. The number of hydrogen-bond acceptors (Lipinski definition) is 4. The Kier molecular flexibility index (Phi) is 3.28. The Balaban J connectivity index is 2.69. The lowest BCUT2D eigenvalue weighted by Gasteiger charge is -2.10. The van der Waals surface area contributed by atoms with Gasteiger partial charge >= 0.3 is 0 Å². The number of anilines is 1. The Hall–Kier alpha value is -2.31. The van der Waals surface area contributed by atoms with Crippen LogP contribution in [0.3, 0.4) is 0 Å². The van der Waals surface area contributed by atoms with Crippen molar-refractivity contribution in [2.75, 3.05) is 20.0 Å². The molecular weight excluding hydrogens is 256 g/mol. The highest BCUT2D eigenvalue weighted by molar-refractivity contribution is 5.67. The summed E-state index contributed by atoms with van der Waals surface area (Å²) in [7, 11) is 4.08. The van der Waals surface area contributed by atoms with Gasteiger partial charge in [-0.25, -0.2) is 4.39 Å². The molecule has 0 spiro atoms. The summed E-state index contributed by atoms with van der Waals surface area (Å²) >= 11 is 0. The van der Waals surface area contributed by atoms with Crippen molar-refractivity contribution in [2.24, 2.45) is 7.05 Å². The molecule has 0 aliphatic heterocycles. The van der Waals surface area contributed by atoms with Crippen LogP contribution in [-0.2, 0) is 7.05 Å². The Bertz CT molecular complexity index is 606. The number of ether oxygens (including phenoxy) is 2. The predicted molar refractivity (Wildman–Crippen MR) is 66.1 cm³/mol. The zero-order valence-corrected chi connectivity index (χ0v) is 10.7. The number of methoxy groups -OCH3 is 2. The second-order valence-electron chi connectivity index (χ2n) is 3.87. The van der Waals surface area contributed by atoms with Crippen molar-refractivity contribution in [1.82, 2.24) is 9.78 Å². The highest BCUT2D eigenvalue weighted by Gasteiger charge is 2.22. The van der Waals surface area contributed by atoms with Crippen molar-refractivity contribution >= 4 is 5.82 Å². The van der Waals surface area contributed by atoms with Gasteiger partial charge in [-0.2, -0.15) is 9.49 Å². The minimum Gasteiger partial charge on any atom is -0.494 e. The Morgan fingerprint density at radius 1 is 1.16 bits per heavy atom. The van der Waals surface area contributed by atoms with Gasteiger partial charge < -0.3 is 15.2 Å². The van der Waals surface area contributed by atoms with Crippen LogP contribution in [0.2, 0.25) is 0 Å². The Morgan fingerprint density at radius 2 is 1.84 bits per heavy atom. The normalized spacial score (nSPS) is 10.6. The standard InChI is InChI=1S/C12H13F2N3O2/c1-17-9(15)5-7(16-17)6-4-8(18-2)11(14)12(19-3)10(6)13/h4-5H,15H2,1-3H3. The first-order valence-corrected chi connectivity index (χ1v) is 5.39. The van der Waals surface area contributed by atoms with E-state index >= 15 is 0 Å². The van der Waals surface area contributed by atoms with Crippen molar-refractivity contribution in [1.29, 1.82) is 0 Å². The lowest BCUT2D eigenvalue weighted by atomic mass is 10.1. The maximum Gasteiger partial charge on any atom is 0.209 e. The van der Waals surface area contributed by atoms with Crippen LogP contribution in [0.25, 0.3) is 11.3 Å². The molecule has 5 nitrogen and oxygen atoms in total. The molecule has 0 aliphatic rings. The van der Waals surface area contributed by atoms with E-state index in [9.17, 15) is 8.78 Å². The van der Waals surface area contributed by atoms with Gasteiger partial charge in [0.1, 0.15) is 5.82 Å². The number of hydrogen-bond donors (Lipinski definition) is 1. The molecule has 1 heterocycles. The molecule has 1 aromatic carbocycles. The molecule has 2 aromatic rings. The van der Waals surface area contributed by atoms with Gasteiger partial charge in [0, 0.05) is 18.7 Å². The van der Waals surface area contributed by atoms with E-state index in [1.165, 1.54) is 31.0 Å². The van der Waals surface area contributed by atoms with E-state index < -0.39 is 17.4 Å². The lowest BCUT2D eigenvalue weighted by molar-refractivity contribution is 0.334. The van der Waals surface area contributed by atoms with Crippen LogP contribution < -0.4 is 15.2 Å². The molecule has 1 aromatic heterocycles. The van der Waals surface area contributed by atoms with Gasteiger partial charge in [-0.1, -0.05) is 0 Å². The molecule has 0 unspecified atom stereocenters. The van der Waals surface area contributed by atoms with E-state index in [-0.39, 0.29) is 17.0 Å². The maximum atomic E-state index is 14.2. The molecule has 0 radical (unpaired) electrons. The summed E-state index contributed by atoms with van der Waals surface area (Å²) in [5.41, 5.74) is 5.97. The van der Waals surface area contributed by atoms with Gasteiger partial charge in [0.05, 0.1) is 19.9 Å². The predicted octanol–water partition coefficient (Wildman–Crippen LogP) is 1.96. The molecular formula is C12H13F2N3O2. The topological polar surface area (TPSA) is 62.3 Å². The second-order valence-corrected chi connectivity index (χ2v) is 3.87. The largest absolute Gasteiger partial charge is 0.494 e. The average Bonchev–Trinajstić information content (AvgIpc) is 2.70. The van der Waals surface area contributed by atoms with Crippen molar-refractivity contribution in [3.63, 3.8) is 0 Å². The number of rotatable bonds is 3. The van der Waals surface area contributed by atoms with Crippen molar-refractivity contribution < 1.29 is 18.3 Å². The fourth-order valence-corrected chi connectivity index (χ4v) is 1.72. The van der Waals surface area contributed by atoms with Crippen molar-refractivity contribution in [2.45, 2.75) is 0 Å². The van der Waals surface area contributed by atoms with E-state index in [1.807, 2.05) is 0 Å². The van der Waals surface area contributed by atoms with E-state index in [0.717, 1.165) is 0 Å². The number of aromatic nitrogens is 2. The number of aryl methyl sites for hydroxylation is 1. The van der Waals surface area contributed by atoms with Crippen LogP contribution in [0, 0.1) is 11.6 Å². The maximum absolute atomic E-state index is 14.2. The first-order valence-electron chi connectivity index (χ1n) is 5.39. The molecule has 0 aliphatic carbocycles. The van der Waals surface area contributed by atoms with Crippen LogP contribution in [0.5, 0.6) is 11.5 Å². The second kappa shape index (κ2) is 4.75. The van der Waals surface area contributed by atoms with E-state index in [0.29, 0.717) is 5.82 Å². The van der Waals surface area contributed by atoms with Crippen molar-refractivity contribution in [3.05, 3.63) is 23.8 Å². The number of halogens is 2. The third kappa shape index (κ3) is 2.07. The zero-order valence-electron chi connectivity index (χ0n) is 10.7. The molecule has 0 atom stereocenters. The summed E-state index contributed by atoms with van der Waals surface area (Å²) in [4.78, 5) is 0. The fourth-order valence-electron chi connectivity index (χ4n) is 1.72. The molecule has 0 amide bonds. The quantitative estimate of drug-likeness (QED) is 0.925. The third-order valence-corrected chi connectivity index (χ3v) is 2.74. The molecule has 2 rings (SSSR count). The van der Waals surface area contributed by atoms with Gasteiger partial charge in [-0.15, -0.1) is 0 Å². The SMILES string of the molecule is COc1cc(-c2cc(N)n(C)n2)c(F)c(OC)c1F. The smallest absolute Gasteiger partial charge is 0.209 e. The minimum atomic E-state index is -0.893. The Labute approximate surface area is 108 Å². The number of nitrogen functional groups attached to an aromatic ring is 1.